The molecule has 1 fully saturated rings. The van der Waals surface area contributed by atoms with Crippen molar-refractivity contribution in [2.75, 3.05) is 19.8 Å². The fourth-order valence-electron chi connectivity index (χ4n) is 0.951. The third-order valence-corrected chi connectivity index (χ3v) is 1.63. The van der Waals surface area contributed by atoms with E-state index in [4.69, 9.17) is 6.15 Å². The first-order valence-electron chi connectivity index (χ1n) is 3.66. The fourth-order valence-corrected chi connectivity index (χ4v) is 0.951. The first-order chi connectivity index (χ1) is 4.43. The maximum Gasteiger partial charge on any atom is 0.118 e. The molecule has 0 saturated carbocycles. The molecule has 2 N–H and O–H groups in total. The summed E-state index contributed by atoms with van der Waals surface area (Å²) in [7, 11) is 0. The molecule has 0 atom stereocenters. The molecule has 0 radical (unpaired) electrons. The van der Waals surface area contributed by atoms with Crippen LogP contribution in [-0.2, 0) is 4.74 Å². The van der Waals surface area contributed by atoms with Crippen molar-refractivity contribution in [2.45, 2.75) is 12.8 Å². The first-order valence-corrected chi connectivity index (χ1v) is 3.16. The first kappa shape index (κ1) is 14.3. The highest BCUT2D eigenvalue weighted by Crippen LogP contribution is 2.11. The second-order valence-corrected chi connectivity index (χ2v) is 2.26. The van der Waals surface area contributed by atoms with Crippen molar-refractivity contribution < 1.29 is 6.15 Å². The van der Waals surface area contributed by atoms with Gasteiger partial charge in [-0.3, -0.25) is 0 Å². The van der Waals surface area contributed by atoms with Crippen LogP contribution in [0.4, 0.5) is 0 Å². The van der Waals surface area contributed by atoms with E-state index < -0.39 is 0 Å². The summed E-state index contributed by atoms with van der Waals surface area (Å²) in [4.78, 5) is 0. The van der Waals surface area contributed by atoms with Crippen molar-refractivity contribution in [2.24, 2.45) is 11.6 Å². The summed E-state index contributed by atoms with van der Waals surface area (Å²) in [5.74, 6) is 0.677. The maximum atomic E-state index is 6.75. The SMILES string of the molecule is Cl.Cl.Cl.[2H]NCC1CCOCC1. The Morgan fingerprint density at radius 2 is 1.82 bits per heavy atom. The third kappa shape index (κ3) is 7.16. The molecule has 0 unspecified atom stereocenters. The monoisotopic (exact) mass is 224 g/mol. The topological polar surface area (TPSA) is 35.2 Å². The van der Waals surface area contributed by atoms with Gasteiger partial charge in [-0.1, -0.05) is 0 Å². The van der Waals surface area contributed by atoms with Crippen LogP contribution < -0.4 is 5.73 Å². The van der Waals surface area contributed by atoms with Gasteiger partial charge in [0.15, 0.2) is 0 Å². The number of hydrogen-bond acceptors (Lipinski definition) is 2. The van der Waals surface area contributed by atoms with E-state index in [2.05, 4.69) is 5.73 Å². The summed E-state index contributed by atoms with van der Waals surface area (Å²) in [6.45, 7) is 2.59. The van der Waals surface area contributed by atoms with Crippen molar-refractivity contribution in [1.29, 1.82) is 0 Å². The molecule has 1 aliphatic heterocycles. The normalized spacial score (nSPS) is 18.4. The summed E-state index contributed by atoms with van der Waals surface area (Å²) in [6.07, 6.45) is 2.23. The van der Waals surface area contributed by atoms with E-state index in [0.717, 1.165) is 32.6 Å². The van der Waals surface area contributed by atoms with E-state index >= 15 is 0 Å². The molecule has 11 heavy (non-hydrogen) atoms. The van der Waals surface area contributed by atoms with Gasteiger partial charge in [0, 0.05) is 13.2 Å². The Morgan fingerprint density at radius 3 is 2.27 bits per heavy atom. The van der Waals surface area contributed by atoms with E-state index in [0.29, 0.717) is 5.92 Å². The lowest BCUT2D eigenvalue weighted by Gasteiger charge is -2.19. The highest BCUT2D eigenvalue weighted by atomic mass is 35.5. The van der Waals surface area contributed by atoms with Crippen molar-refractivity contribution in [3.8, 4) is 0 Å². The molecule has 0 aromatic carbocycles. The standard InChI is InChI=1S/C6H13NO.3ClH/c7-5-6-1-3-8-4-2-6;;;/h6H,1-5,7H2;3*1H/i/hD. The van der Waals surface area contributed by atoms with Crippen molar-refractivity contribution in [1.82, 2.24) is 0 Å². The summed E-state index contributed by atoms with van der Waals surface area (Å²) in [5, 5.41) is 0. The highest BCUT2D eigenvalue weighted by Gasteiger charge is 2.10. The third-order valence-electron chi connectivity index (χ3n) is 1.63. The maximum absolute atomic E-state index is 6.75. The van der Waals surface area contributed by atoms with Crippen LogP contribution in [0.3, 0.4) is 0 Å². The molecule has 5 heteroatoms. The van der Waals surface area contributed by atoms with Crippen LogP contribution in [0.15, 0.2) is 0 Å². The van der Waals surface area contributed by atoms with Gasteiger partial charge in [0.05, 0.1) is 0 Å². The highest BCUT2D eigenvalue weighted by molar-refractivity contribution is 5.86. The minimum absolute atomic E-state index is 0. The quantitative estimate of drug-likeness (QED) is 0.775. The Balaban J connectivity index is -0.000000270. The zero-order chi connectivity index (χ0) is 6.53. The molecular formula is C6H16Cl3NO. The van der Waals surface area contributed by atoms with Gasteiger partial charge in [0.1, 0.15) is 1.41 Å². The molecule has 0 aliphatic carbocycles. The number of rotatable bonds is 2. The molecule has 0 aromatic rings. The predicted octanol–water partition coefficient (Wildman–Crippen LogP) is 1.64. The van der Waals surface area contributed by atoms with Crippen LogP contribution in [0.2, 0.25) is 1.41 Å². The van der Waals surface area contributed by atoms with Gasteiger partial charge < -0.3 is 10.5 Å². The van der Waals surface area contributed by atoms with Gasteiger partial charge in [-0.15, -0.1) is 37.2 Å². The van der Waals surface area contributed by atoms with E-state index in [-0.39, 0.29) is 37.2 Å². The minimum atomic E-state index is 0. The van der Waals surface area contributed by atoms with Crippen molar-refractivity contribution in [3.05, 3.63) is 0 Å². The molecule has 0 amide bonds. The zero-order valence-electron chi connectivity index (χ0n) is 7.25. The molecule has 1 aliphatic rings. The summed E-state index contributed by atoms with van der Waals surface area (Å²) < 4.78 is 11.9. The van der Waals surface area contributed by atoms with Gasteiger partial charge in [0.2, 0.25) is 0 Å². The van der Waals surface area contributed by atoms with Crippen LogP contribution in [-0.4, -0.2) is 19.8 Å². The molecule has 1 rings (SSSR count). The average Bonchev–Trinajstić information content (AvgIpc) is 1.91. The van der Waals surface area contributed by atoms with Crippen LogP contribution in [0, 0.1) is 5.92 Å². The minimum Gasteiger partial charge on any atom is -0.381 e. The molecule has 0 spiro atoms. The fraction of sp³-hybridized carbons (Fsp3) is 1.00. The molecule has 72 valence electrons. The lowest BCUT2D eigenvalue weighted by molar-refractivity contribution is 0.0688. The molecule has 1 saturated heterocycles. The number of ether oxygens (including phenoxy) is 1. The van der Waals surface area contributed by atoms with Crippen LogP contribution >= 0.6 is 37.2 Å². The Labute approximate surface area is 87.9 Å². The van der Waals surface area contributed by atoms with Crippen LogP contribution in [0.5, 0.6) is 0 Å². The summed E-state index contributed by atoms with van der Waals surface area (Å²) in [5.41, 5.74) is 2.43. The van der Waals surface area contributed by atoms with Gasteiger partial charge in [-0.05, 0) is 25.3 Å². The second-order valence-electron chi connectivity index (χ2n) is 2.26. The Bertz CT molecular complexity index is 80.4. The summed E-state index contributed by atoms with van der Waals surface area (Å²) >= 11 is 0. The Morgan fingerprint density at radius 1 is 1.27 bits per heavy atom. The van der Waals surface area contributed by atoms with E-state index in [1.54, 1.807) is 0 Å². The lowest BCUT2D eigenvalue weighted by atomic mass is 10.0. The lowest BCUT2D eigenvalue weighted by Crippen LogP contribution is -2.22. The van der Waals surface area contributed by atoms with Crippen molar-refractivity contribution in [3.63, 3.8) is 0 Å². The van der Waals surface area contributed by atoms with Crippen molar-refractivity contribution >= 4 is 37.2 Å². The van der Waals surface area contributed by atoms with Gasteiger partial charge in [0.25, 0.3) is 0 Å². The predicted molar refractivity (Wildman–Crippen MR) is 54.3 cm³/mol. The molecular weight excluding hydrogens is 208 g/mol. The van der Waals surface area contributed by atoms with Gasteiger partial charge in [-0.25, -0.2) is 0 Å². The number of halogens is 3. The van der Waals surface area contributed by atoms with E-state index in [9.17, 15) is 0 Å². The zero-order valence-corrected chi connectivity index (χ0v) is 8.70. The molecule has 2 nitrogen and oxygen atoms in total. The Kier molecular flexibility index (Phi) is 14.0. The smallest absolute Gasteiger partial charge is 0.118 e. The average molecular weight is 226 g/mol. The molecule has 0 aromatic heterocycles. The summed E-state index contributed by atoms with van der Waals surface area (Å²) in [6, 6.07) is 0. The van der Waals surface area contributed by atoms with Crippen LogP contribution in [0.25, 0.3) is 0 Å². The van der Waals surface area contributed by atoms with E-state index in [1.165, 1.54) is 0 Å². The molecule has 0 bridgehead atoms. The van der Waals surface area contributed by atoms with Gasteiger partial charge >= 0.3 is 0 Å². The number of hydrogen-bond donors (Lipinski definition) is 1. The Hall–Kier alpha value is 0.790. The number of nitrogens with two attached hydrogens (primary N) is 1. The van der Waals surface area contributed by atoms with Crippen LogP contribution in [0.1, 0.15) is 12.8 Å². The largest absolute Gasteiger partial charge is 0.381 e. The van der Waals surface area contributed by atoms with E-state index in [1.807, 2.05) is 0 Å². The van der Waals surface area contributed by atoms with Gasteiger partial charge in [-0.2, -0.15) is 0 Å². The molecule has 1 heterocycles. The second kappa shape index (κ2) is 10.8.